The van der Waals surface area contributed by atoms with E-state index in [0.29, 0.717) is 28.4 Å². The van der Waals surface area contributed by atoms with Crippen LogP contribution in [0.25, 0.3) is 16.9 Å². The lowest BCUT2D eigenvalue weighted by Gasteiger charge is -2.13. The molecule has 1 saturated carbocycles. The van der Waals surface area contributed by atoms with Gasteiger partial charge in [-0.3, -0.25) is 9.78 Å². The highest BCUT2D eigenvalue weighted by atomic mass is 16.1. The van der Waals surface area contributed by atoms with E-state index in [1.807, 2.05) is 32.2 Å². The summed E-state index contributed by atoms with van der Waals surface area (Å²) in [5.74, 6) is 0.608. The van der Waals surface area contributed by atoms with Gasteiger partial charge in [0.05, 0.1) is 11.9 Å². The van der Waals surface area contributed by atoms with Crippen LogP contribution in [0.2, 0.25) is 0 Å². The first-order valence-electron chi connectivity index (χ1n) is 8.10. The van der Waals surface area contributed by atoms with Gasteiger partial charge in [-0.05, 0) is 30.9 Å². The molecule has 1 aliphatic rings. The van der Waals surface area contributed by atoms with Crippen molar-refractivity contribution in [2.75, 3.05) is 0 Å². The Bertz CT molecular complexity index is 1020. The predicted molar refractivity (Wildman–Crippen MR) is 89.8 cm³/mol. The number of nitrogens with zero attached hydrogens (tertiary/aromatic N) is 4. The predicted octanol–water partition coefficient (Wildman–Crippen LogP) is 2.96. The van der Waals surface area contributed by atoms with E-state index in [9.17, 15) is 10.1 Å². The maximum absolute atomic E-state index is 12.8. The third-order valence-electron chi connectivity index (χ3n) is 4.47. The minimum absolute atomic E-state index is 0.0194. The summed E-state index contributed by atoms with van der Waals surface area (Å²) in [5, 5.41) is 13.3. The zero-order chi connectivity index (χ0) is 16.8. The monoisotopic (exact) mass is 319 g/mol. The van der Waals surface area contributed by atoms with Crippen molar-refractivity contribution in [1.82, 2.24) is 19.6 Å². The first kappa shape index (κ1) is 14.6. The first-order chi connectivity index (χ1) is 11.6. The van der Waals surface area contributed by atoms with Crippen molar-refractivity contribution in [3.63, 3.8) is 0 Å². The van der Waals surface area contributed by atoms with Gasteiger partial charge in [0.25, 0.3) is 5.56 Å². The molecule has 24 heavy (non-hydrogen) atoms. The van der Waals surface area contributed by atoms with Crippen LogP contribution in [-0.4, -0.2) is 19.6 Å². The summed E-state index contributed by atoms with van der Waals surface area (Å²) in [6.07, 6.45) is 5.63. The van der Waals surface area contributed by atoms with Gasteiger partial charge in [-0.1, -0.05) is 13.8 Å². The molecule has 4 rings (SSSR count). The third-order valence-corrected chi connectivity index (χ3v) is 4.47. The fourth-order valence-corrected chi connectivity index (χ4v) is 3.05. The maximum Gasteiger partial charge on any atom is 0.278 e. The number of rotatable bonds is 3. The van der Waals surface area contributed by atoms with Crippen LogP contribution >= 0.6 is 0 Å². The Hall–Kier alpha value is -2.94. The second-order valence-corrected chi connectivity index (χ2v) is 6.55. The van der Waals surface area contributed by atoms with Crippen molar-refractivity contribution in [3.8, 4) is 17.3 Å². The van der Waals surface area contributed by atoms with Gasteiger partial charge < -0.3 is 4.98 Å². The van der Waals surface area contributed by atoms with Crippen LogP contribution < -0.4 is 5.56 Å². The molecule has 6 heteroatoms. The van der Waals surface area contributed by atoms with Crippen molar-refractivity contribution < 1.29 is 0 Å². The van der Waals surface area contributed by atoms with Gasteiger partial charge in [-0.2, -0.15) is 14.9 Å². The average molecular weight is 319 g/mol. The molecule has 1 fully saturated rings. The molecule has 0 saturated heterocycles. The van der Waals surface area contributed by atoms with Crippen LogP contribution in [0.4, 0.5) is 0 Å². The minimum Gasteiger partial charge on any atom is -0.338 e. The quantitative estimate of drug-likeness (QED) is 0.804. The van der Waals surface area contributed by atoms with Crippen LogP contribution in [0.5, 0.6) is 0 Å². The van der Waals surface area contributed by atoms with E-state index in [1.54, 1.807) is 0 Å². The summed E-state index contributed by atoms with van der Waals surface area (Å²) >= 11 is 0. The number of aromatic amines is 1. The lowest BCUT2D eigenvalue weighted by atomic mass is 9.99. The lowest BCUT2D eigenvalue weighted by molar-refractivity contribution is 0.797. The molecule has 0 radical (unpaired) electrons. The minimum atomic E-state index is -0.193. The number of fused-ring (bicyclic) bond motifs is 1. The molecule has 0 amide bonds. The smallest absolute Gasteiger partial charge is 0.278 e. The topological polar surface area (TPSA) is 86.8 Å². The van der Waals surface area contributed by atoms with Gasteiger partial charge in [-0.25, -0.2) is 0 Å². The Morgan fingerprint density at radius 3 is 2.71 bits per heavy atom. The van der Waals surface area contributed by atoms with Gasteiger partial charge in [-0.15, -0.1) is 0 Å². The fraction of sp³-hybridized carbons (Fsp3) is 0.333. The molecular formula is C18H17N5O. The Labute approximate surface area is 138 Å². The highest BCUT2D eigenvalue weighted by Crippen LogP contribution is 2.39. The van der Waals surface area contributed by atoms with E-state index in [2.05, 4.69) is 21.1 Å². The van der Waals surface area contributed by atoms with Gasteiger partial charge in [0.1, 0.15) is 11.6 Å². The first-order valence-corrected chi connectivity index (χ1v) is 8.10. The maximum atomic E-state index is 12.8. The summed E-state index contributed by atoms with van der Waals surface area (Å²) in [7, 11) is 0. The van der Waals surface area contributed by atoms with Crippen LogP contribution in [0, 0.1) is 11.3 Å². The largest absolute Gasteiger partial charge is 0.338 e. The summed E-state index contributed by atoms with van der Waals surface area (Å²) in [6, 6.07) is 6.09. The van der Waals surface area contributed by atoms with Crippen molar-refractivity contribution in [1.29, 1.82) is 5.26 Å². The van der Waals surface area contributed by atoms with E-state index in [-0.39, 0.29) is 11.5 Å². The summed E-state index contributed by atoms with van der Waals surface area (Å²) < 4.78 is 1.27. The lowest BCUT2D eigenvalue weighted by Crippen LogP contribution is -2.22. The van der Waals surface area contributed by atoms with Gasteiger partial charge in [0.2, 0.25) is 0 Å². The van der Waals surface area contributed by atoms with Crippen molar-refractivity contribution in [2.24, 2.45) is 0 Å². The molecule has 3 heterocycles. The average Bonchev–Trinajstić information content (AvgIpc) is 3.34. The second-order valence-electron chi connectivity index (χ2n) is 6.55. The highest BCUT2D eigenvalue weighted by Gasteiger charge is 2.25. The van der Waals surface area contributed by atoms with Crippen LogP contribution in [0.1, 0.15) is 55.3 Å². The molecule has 0 aromatic carbocycles. The van der Waals surface area contributed by atoms with E-state index in [0.717, 1.165) is 11.3 Å². The summed E-state index contributed by atoms with van der Waals surface area (Å²) in [4.78, 5) is 20.6. The van der Waals surface area contributed by atoms with Crippen molar-refractivity contribution in [3.05, 3.63) is 51.7 Å². The number of aromatic nitrogens is 4. The van der Waals surface area contributed by atoms with Gasteiger partial charge >= 0.3 is 0 Å². The zero-order valence-corrected chi connectivity index (χ0v) is 13.6. The molecule has 0 spiro atoms. The molecular weight excluding hydrogens is 302 g/mol. The number of pyridine rings is 1. The molecule has 0 unspecified atom stereocenters. The van der Waals surface area contributed by atoms with E-state index >= 15 is 0 Å². The van der Waals surface area contributed by atoms with Gasteiger partial charge in [0, 0.05) is 28.9 Å². The number of nitriles is 1. The summed E-state index contributed by atoms with van der Waals surface area (Å²) in [5.41, 5.74) is 3.91. The van der Waals surface area contributed by atoms with Crippen LogP contribution in [0.15, 0.2) is 29.3 Å². The number of H-pyrrole nitrogens is 1. The van der Waals surface area contributed by atoms with Crippen molar-refractivity contribution >= 4 is 5.65 Å². The Kier molecular flexibility index (Phi) is 3.24. The van der Waals surface area contributed by atoms with Crippen LogP contribution in [-0.2, 0) is 0 Å². The molecule has 1 aliphatic carbocycles. The SMILES string of the molecule is CC(C)c1c(-c2ccc(C3CC3)nc2)[nH]c2c(C#N)cnn2c1=O. The van der Waals surface area contributed by atoms with E-state index in [4.69, 9.17) is 0 Å². The number of nitrogens with one attached hydrogen (secondary N) is 1. The molecule has 3 aromatic rings. The Balaban J connectivity index is 1.96. The number of hydrogen-bond acceptors (Lipinski definition) is 4. The fourth-order valence-electron chi connectivity index (χ4n) is 3.05. The molecule has 0 aliphatic heterocycles. The second kappa shape index (κ2) is 5.31. The molecule has 0 atom stereocenters. The molecule has 3 aromatic heterocycles. The standard InChI is InChI=1S/C18H17N5O/c1-10(2)15-16(12-5-6-14(20-8-12)11-3-4-11)22-17-13(7-19)9-21-23(17)18(15)24/h5-6,8-11,22H,3-4H2,1-2H3. The summed E-state index contributed by atoms with van der Waals surface area (Å²) in [6.45, 7) is 3.95. The zero-order valence-electron chi connectivity index (χ0n) is 13.6. The van der Waals surface area contributed by atoms with Gasteiger partial charge in [0.15, 0.2) is 5.65 Å². The van der Waals surface area contributed by atoms with E-state index < -0.39 is 0 Å². The molecule has 6 nitrogen and oxygen atoms in total. The number of hydrogen-bond donors (Lipinski definition) is 1. The normalized spacial score (nSPS) is 14.2. The van der Waals surface area contributed by atoms with E-state index in [1.165, 1.54) is 23.6 Å². The molecule has 0 bridgehead atoms. The van der Waals surface area contributed by atoms with Crippen LogP contribution in [0.3, 0.4) is 0 Å². The molecule has 120 valence electrons. The Morgan fingerprint density at radius 2 is 2.12 bits per heavy atom. The molecule has 1 N–H and O–H groups in total. The highest BCUT2D eigenvalue weighted by molar-refractivity contribution is 5.67. The van der Waals surface area contributed by atoms with Crippen molar-refractivity contribution in [2.45, 2.75) is 38.5 Å². The third kappa shape index (κ3) is 2.21. The Morgan fingerprint density at radius 1 is 1.33 bits per heavy atom.